The highest BCUT2D eigenvalue weighted by atomic mass is 32.2. The maximum absolute atomic E-state index is 13.2. The molecule has 182 valence electrons. The Labute approximate surface area is 197 Å². The van der Waals surface area contributed by atoms with Gasteiger partial charge in [0.2, 0.25) is 0 Å². The van der Waals surface area contributed by atoms with E-state index in [0.717, 1.165) is 24.4 Å². The van der Waals surface area contributed by atoms with Crippen molar-refractivity contribution in [3.8, 4) is 0 Å². The summed E-state index contributed by atoms with van der Waals surface area (Å²) < 4.78 is 66.5. The quantitative estimate of drug-likeness (QED) is 0.282. The van der Waals surface area contributed by atoms with E-state index in [9.17, 15) is 36.5 Å². The number of non-ortho nitro benzene ring substituents is 1. The predicted molar refractivity (Wildman–Crippen MR) is 121 cm³/mol. The molecule has 0 aliphatic heterocycles. The summed E-state index contributed by atoms with van der Waals surface area (Å²) in [5.74, 6) is -0.955. The van der Waals surface area contributed by atoms with Gasteiger partial charge >= 0.3 is 6.18 Å². The summed E-state index contributed by atoms with van der Waals surface area (Å²) in [5, 5.41) is 14.5. The Kier molecular flexibility index (Phi) is 7.49. The molecule has 0 aliphatic rings. The Hall–Kier alpha value is -4.26. The lowest BCUT2D eigenvalue weighted by Gasteiger charge is -2.24. The van der Waals surface area contributed by atoms with Crippen LogP contribution < -0.4 is 9.73 Å². The molecule has 3 rings (SSSR count). The summed E-state index contributed by atoms with van der Waals surface area (Å²) in [6.45, 7) is -0.884. The van der Waals surface area contributed by atoms with Crippen LogP contribution in [0.1, 0.15) is 11.1 Å². The van der Waals surface area contributed by atoms with Crippen molar-refractivity contribution in [2.45, 2.75) is 11.1 Å². The third-order valence-corrected chi connectivity index (χ3v) is 6.35. The van der Waals surface area contributed by atoms with Gasteiger partial charge in [-0.3, -0.25) is 19.2 Å². The van der Waals surface area contributed by atoms with Gasteiger partial charge in [-0.05, 0) is 30.3 Å². The second kappa shape index (κ2) is 10.3. The van der Waals surface area contributed by atoms with Crippen molar-refractivity contribution in [1.29, 1.82) is 0 Å². The maximum Gasteiger partial charge on any atom is 0.416 e. The molecule has 0 aliphatic carbocycles. The molecule has 0 fully saturated rings. The monoisotopic (exact) mass is 506 g/mol. The number of anilines is 1. The number of halogens is 3. The predicted octanol–water partition coefficient (Wildman–Crippen LogP) is 3.96. The lowest BCUT2D eigenvalue weighted by molar-refractivity contribution is -0.384. The first-order valence-electron chi connectivity index (χ1n) is 9.80. The molecule has 0 atom stereocenters. The summed E-state index contributed by atoms with van der Waals surface area (Å²) in [6, 6.07) is 15.8. The first-order chi connectivity index (χ1) is 16.5. The number of carbonyl (C=O) groups excluding carboxylic acids is 1. The van der Waals surface area contributed by atoms with Gasteiger partial charge in [-0.15, -0.1) is 0 Å². The van der Waals surface area contributed by atoms with Crippen LogP contribution in [-0.4, -0.2) is 32.0 Å². The Morgan fingerprint density at radius 1 is 1.03 bits per heavy atom. The molecule has 35 heavy (non-hydrogen) atoms. The average Bonchev–Trinajstić information content (AvgIpc) is 2.82. The van der Waals surface area contributed by atoms with Gasteiger partial charge in [0.1, 0.15) is 6.54 Å². The summed E-state index contributed by atoms with van der Waals surface area (Å²) in [6.07, 6.45) is -3.63. The number of benzene rings is 3. The molecule has 0 spiro atoms. The zero-order valence-corrected chi connectivity index (χ0v) is 18.5. The Balaban J connectivity index is 1.88. The van der Waals surface area contributed by atoms with Crippen LogP contribution in [0.15, 0.2) is 88.9 Å². The highest BCUT2D eigenvalue weighted by molar-refractivity contribution is 7.92. The number of amides is 1. The minimum absolute atomic E-state index is 0.204. The topological polar surface area (TPSA) is 122 Å². The van der Waals surface area contributed by atoms with Crippen LogP contribution >= 0.6 is 0 Å². The first kappa shape index (κ1) is 25.4. The molecule has 13 heteroatoms. The number of nitrogens with one attached hydrogen (secondary N) is 1. The number of sulfonamides is 1. The summed E-state index contributed by atoms with van der Waals surface area (Å²) in [7, 11) is -4.43. The Morgan fingerprint density at radius 3 is 2.37 bits per heavy atom. The largest absolute Gasteiger partial charge is 0.416 e. The molecule has 0 heterocycles. The van der Waals surface area contributed by atoms with Crippen LogP contribution in [0, 0.1) is 10.1 Å². The van der Waals surface area contributed by atoms with Gasteiger partial charge in [-0.2, -0.15) is 18.3 Å². The van der Waals surface area contributed by atoms with Crippen molar-refractivity contribution in [3.05, 3.63) is 100 Å². The zero-order chi connectivity index (χ0) is 25.6. The summed E-state index contributed by atoms with van der Waals surface area (Å²) >= 11 is 0. The minimum Gasteiger partial charge on any atom is -0.271 e. The van der Waals surface area contributed by atoms with Gasteiger partial charge in [-0.1, -0.05) is 36.4 Å². The van der Waals surface area contributed by atoms with Crippen molar-refractivity contribution in [3.63, 3.8) is 0 Å². The van der Waals surface area contributed by atoms with Crippen molar-refractivity contribution in [2.24, 2.45) is 5.10 Å². The molecule has 1 amide bonds. The standard InChI is InChI=1S/C22H17F3N4O5S/c23-22(24,25)17-7-5-8-18(13-17)28(35(33,34)20-10-2-1-3-11-20)15-21(30)27-26-14-16-6-4-9-19(12-16)29(31)32/h1-14H,15H2,(H,27,30)/b26-14-. The SMILES string of the molecule is O=C(CN(c1cccc(C(F)(F)F)c1)S(=O)(=O)c1ccccc1)N/N=C\c1cccc([N+](=O)[O-])c1. The van der Waals surface area contributed by atoms with E-state index in [1.165, 1.54) is 48.5 Å². The molecule has 3 aromatic carbocycles. The number of nitrogens with zero attached hydrogens (tertiary/aromatic N) is 3. The molecule has 0 aromatic heterocycles. The number of hydrogen-bond donors (Lipinski definition) is 1. The molecule has 0 saturated carbocycles. The normalized spacial score (nSPS) is 11.9. The van der Waals surface area contributed by atoms with E-state index < -0.39 is 39.1 Å². The molecule has 0 radical (unpaired) electrons. The fourth-order valence-electron chi connectivity index (χ4n) is 2.94. The second-order valence-corrected chi connectivity index (χ2v) is 8.88. The molecule has 0 bridgehead atoms. The van der Waals surface area contributed by atoms with E-state index in [1.807, 2.05) is 0 Å². The second-order valence-electron chi connectivity index (χ2n) is 7.02. The number of nitro groups is 1. The Bertz CT molecular complexity index is 1360. The van der Waals surface area contributed by atoms with Crippen LogP contribution in [-0.2, 0) is 21.0 Å². The molecule has 0 saturated heterocycles. The number of hydrogen-bond acceptors (Lipinski definition) is 6. The zero-order valence-electron chi connectivity index (χ0n) is 17.7. The molecule has 0 unspecified atom stereocenters. The first-order valence-corrected chi connectivity index (χ1v) is 11.2. The fraction of sp³-hybridized carbons (Fsp3) is 0.0909. The fourth-order valence-corrected chi connectivity index (χ4v) is 4.37. The van der Waals surface area contributed by atoms with Gasteiger partial charge < -0.3 is 0 Å². The lowest BCUT2D eigenvalue weighted by atomic mass is 10.2. The van der Waals surface area contributed by atoms with E-state index in [1.54, 1.807) is 6.07 Å². The van der Waals surface area contributed by atoms with Crippen LogP contribution in [0.2, 0.25) is 0 Å². The van der Waals surface area contributed by atoms with E-state index in [2.05, 4.69) is 10.5 Å². The van der Waals surface area contributed by atoms with Gasteiger partial charge in [0.25, 0.3) is 21.6 Å². The summed E-state index contributed by atoms with van der Waals surface area (Å²) in [4.78, 5) is 22.5. The molecular weight excluding hydrogens is 489 g/mol. The molecular formula is C22H17F3N4O5S. The Morgan fingerprint density at radius 2 is 1.71 bits per heavy atom. The van der Waals surface area contributed by atoms with E-state index >= 15 is 0 Å². The highest BCUT2D eigenvalue weighted by Gasteiger charge is 2.33. The minimum atomic E-state index is -4.73. The van der Waals surface area contributed by atoms with E-state index in [-0.39, 0.29) is 21.8 Å². The molecule has 9 nitrogen and oxygen atoms in total. The number of nitro benzene ring substituents is 1. The van der Waals surface area contributed by atoms with Gasteiger partial charge in [-0.25, -0.2) is 13.8 Å². The van der Waals surface area contributed by atoms with Crippen LogP contribution in [0.25, 0.3) is 0 Å². The van der Waals surface area contributed by atoms with Crippen molar-refractivity contribution < 1.29 is 31.3 Å². The van der Waals surface area contributed by atoms with Crippen LogP contribution in [0.4, 0.5) is 24.5 Å². The van der Waals surface area contributed by atoms with Gasteiger partial charge in [0.15, 0.2) is 0 Å². The smallest absolute Gasteiger partial charge is 0.271 e. The van der Waals surface area contributed by atoms with Crippen LogP contribution in [0.5, 0.6) is 0 Å². The number of rotatable bonds is 8. The van der Waals surface area contributed by atoms with E-state index in [4.69, 9.17) is 0 Å². The van der Waals surface area contributed by atoms with E-state index in [0.29, 0.717) is 10.4 Å². The third kappa shape index (κ3) is 6.41. The third-order valence-electron chi connectivity index (χ3n) is 4.56. The van der Waals surface area contributed by atoms with Crippen molar-refractivity contribution in [1.82, 2.24) is 5.43 Å². The number of carbonyl (C=O) groups is 1. The maximum atomic E-state index is 13.2. The lowest BCUT2D eigenvalue weighted by Crippen LogP contribution is -2.39. The van der Waals surface area contributed by atoms with Crippen molar-refractivity contribution in [2.75, 3.05) is 10.8 Å². The van der Waals surface area contributed by atoms with Gasteiger partial charge in [0.05, 0.1) is 27.3 Å². The highest BCUT2D eigenvalue weighted by Crippen LogP contribution is 2.33. The van der Waals surface area contributed by atoms with Crippen molar-refractivity contribution >= 4 is 33.5 Å². The molecule has 1 N–H and O–H groups in total. The van der Waals surface area contributed by atoms with Crippen LogP contribution in [0.3, 0.4) is 0 Å². The average molecular weight is 506 g/mol. The summed E-state index contributed by atoms with van der Waals surface area (Å²) in [5.41, 5.74) is 0.696. The van der Waals surface area contributed by atoms with Gasteiger partial charge in [0, 0.05) is 17.7 Å². The number of alkyl halides is 3. The number of hydrazone groups is 1. The molecule has 3 aromatic rings.